The van der Waals surface area contributed by atoms with Gasteiger partial charge in [0.15, 0.2) is 0 Å². The number of primary amides is 1. The molecule has 0 bridgehead atoms. The van der Waals surface area contributed by atoms with Crippen molar-refractivity contribution in [2.45, 2.75) is 26.2 Å². The number of benzene rings is 1. The number of hydrogen-bond acceptors (Lipinski definition) is 3. The van der Waals surface area contributed by atoms with Crippen LogP contribution in [0.5, 0.6) is 0 Å². The van der Waals surface area contributed by atoms with E-state index in [1.54, 1.807) is 24.3 Å². The van der Waals surface area contributed by atoms with Crippen LogP contribution in [0.15, 0.2) is 24.3 Å². The Morgan fingerprint density at radius 2 is 2.12 bits per heavy atom. The third kappa shape index (κ3) is 3.55. The van der Waals surface area contributed by atoms with E-state index in [0.717, 1.165) is 29.7 Å². The summed E-state index contributed by atoms with van der Waals surface area (Å²) < 4.78 is 0. The molecule has 24 heavy (non-hydrogen) atoms. The number of urea groups is 1. The highest BCUT2D eigenvalue weighted by Crippen LogP contribution is 2.39. The maximum absolute atomic E-state index is 12.2. The summed E-state index contributed by atoms with van der Waals surface area (Å²) in [5.41, 5.74) is 7.57. The summed E-state index contributed by atoms with van der Waals surface area (Å²) in [7, 11) is 0. The molecule has 7 heteroatoms. The first-order chi connectivity index (χ1) is 11.4. The van der Waals surface area contributed by atoms with Crippen LogP contribution >= 0.6 is 22.9 Å². The first kappa shape index (κ1) is 16.8. The van der Waals surface area contributed by atoms with E-state index in [0.29, 0.717) is 27.2 Å². The zero-order valence-corrected chi connectivity index (χ0v) is 14.8. The molecular weight excluding hydrogens is 346 g/mol. The van der Waals surface area contributed by atoms with Gasteiger partial charge in [0.1, 0.15) is 5.00 Å². The Morgan fingerprint density at radius 3 is 2.83 bits per heavy atom. The quantitative estimate of drug-likeness (QED) is 0.760. The summed E-state index contributed by atoms with van der Waals surface area (Å²) in [5.74, 6) is 0.0120. The van der Waals surface area contributed by atoms with Gasteiger partial charge in [-0.25, -0.2) is 4.79 Å². The minimum absolute atomic E-state index is 0.425. The normalized spacial score (nSPS) is 16.3. The summed E-state index contributed by atoms with van der Waals surface area (Å²) in [6.45, 7) is 2.16. The number of fused-ring (bicyclic) bond motifs is 1. The average molecular weight is 364 g/mol. The van der Waals surface area contributed by atoms with Gasteiger partial charge in [-0.15, -0.1) is 11.3 Å². The second kappa shape index (κ2) is 6.83. The molecule has 1 unspecified atom stereocenters. The van der Waals surface area contributed by atoms with Crippen molar-refractivity contribution in [3.63, 3.8) is 0 Å². The van der Waals surface area contributed by atoms with Gasteiger partial charge in [-0.2, -0.15) is 0 Å². The third-order valence-electron chi connectivity index (χ3n) is 4.06. The summed E-state index contributed by atoms with van der Waals surface area (Å²) >= 11 is 7.34. The summed E-state index contributed by atoms with van der Waals surface area (Å²) in [6, 6.07) is 6.44. The van der Waals surface area contributed by atoms with Gasteiger partial charge in [-0.3, -0.25) is 10.1 Å². The molecule has 3 rings (SSSR count). The van der Waals surface area contributed by atoms with Gasteiger partial charge in [0.2, 0.25) is 0 Å². The summed E-state index contributed by atoms with van der Waals surface area (Å²) in [6.07, 6.45) is 2.82. The number of nitrogens with two attached hydrogens (primary N) is 1. The molecule has 0 fully saturated rings. The van der Waals surface area contributed by atoms with Gasteiger partial charge in [0.05, 0.1) is 5.56 Å². The van der Waals surface area contributed by atoms with Crippen LogP contribution in [0.4, 0.5) is 15.5 Å². The Morgan fingerprint density at radius 1 is 1.33 bits per heavy atom. The molecule has 1 aliphatic rings. The lowest BCUT2D eigenvalue weighted by atomic mass is 9.87. The van der Waals surface area contributed by atoms with Crippen LogP contribution in [0.3, 0.4) is 0 Å². The van der Waals surface area contributed by atoms with E-state index in [9.17, 15) is 9.59 Å². The third-order valence-corrected chi connectivity index (χ3v) is 5.51. The van der Waals surface area contributed by atoms with Gasteiger partial charge in [0.25, 0.3) is 5.91 Å². The van der Waals surface area contributed by atoms with Crippen molar-refractivity contribution in [1.29, 1.82) is 0 Å². The highest BCUT2D eigenvalue weighted by atomic mass is 35.5. The molecule has 3 amide bonds. The lowest BCUT2D eigenvalue weighted by Crippen LogP contribution is -2.22. The Labute approximate surface area is 149 Å². The van der Waals surface area contributed by atoms with Crippen molar-refractivity contribution in [3.05, 3.63) is 45.3 Å². The van der Waals surface area contributed by atoms with Gasteiger partial charge in [-0.05, 0) is 48.9 Å². The number of amides is 3. The Hall–Kier alpha value is -2.05. The molecule has 1 aromatic heterocycles. The van der Waals surface area contributed by atoms with E-state index < -0.39 is 11.9 Å². The predicted octanol–water partition coefficient (Wildman–Crippen LogP) is 4.27. The van der Waals surface area contributed by atoms with Crippen LogP contribution in [0, 0.1) is 5.92 Å². The summed E-state index contributed by atoms with van der Waals surface area (Å²) in [5, 5.41) is 6.51. The number of thiophene rings is 1. The van der Waals surface area contributed by atoms with Crippen LogP contribution in [0.2, 0.25) is 5.02 Å². The minimum atomic E-state index is -0.500. The Kier molecular flexibility index (Phi) is 4.78. The topological polar surface area (TPSA) is 84.2 Å². The van der Waals surface area contributed by atoms with Crippen LogP contribution < -0.4 is 16.4 Å². The molecule has 2 aromatic rings. The van der Waals surface area contributed by atoms with Crippen molar-refractivity contribution < 1.29 is 9.59 Å². The smallest absolute Gasteiger partial charge is 0.324 e. The molecule has 4 N–H and O–H groups in total. The molecule has 1 heterocycles. The van der Waals surface area contributed by atoms with Crippen molar-refractivity contribution in [2.24, 2.45) is 11.7 Å². The standard InChI is InChI=1S/C17H18ClN3O2S/c1-9-5-6-13-12(7-9)14(15(19)22)16(24-13)21-17(23)20-11-4-2-3-10(18)8-11/h2-4,8-9H,5-7H2,1H3,(H2,19,22)(H2,20,21,23). The van der Waals surface area contributed by atoms with Crippen LogP contribution in [-0.2, 0) is 12.8 Å². The Balaban J connectivity index is 1.82. The molecule has 1 aromatic carbocycles. The maximum atomic E-state index is 12.2. The number of nitrogens with one attached hydrogen (secondary N) is 2. The second-order valence-electron chi connectivity index (χ2n) is 6.01. The molecule has 0 aliphatic heterocycles. The van der Waals surface area contributed by atoms with Crippen molar-refractivity contribution in [2.75, 3.05) is 10.6 Å². The van der Waals surface area contributed by atoms with E-state index in [1.807, 2.05) is 0 Å². The number of anilines is 2. The van der Waals surface area contributed by atoms with Crippen molar-refractivity contribution in [3.8, 4) is 0 Å². The molecule has 126 valence electrons. The van der Waals surface area contributed by atoms with Gasteiger partial charge < -0.3 is 11.1 Å². The van der Waals surface area contributed by atoms with Gasteiger partial charge in [0, 0.05) is 15.6 Å². The lowest BCUT2D eigenvalue weighted by Gasteiger charge is -2.18. The highest BCUT2D eigenvalue weighted by molar-refractivity contribution is 7.17. The number of carbonyl (C=O) groups excluding carboxylic acids is 2. The molecule has 0 saturated carbocycles. The number of rotatable bonds is 3. The van der Waals surface area contributed by atoms with Crippen LogP contribution in [0.1, 0.15) is 34.1 Å². The van der Waals surface area contributed by atoms with Crippen LogP contribution in [-0.4, -0.2) is 11.9 Å². The predicted molar refractivity (Wildman–Crippen MR) is 98.1 cm³/mol. The largest absolute Gasteiger partial charge is 0.365 e. The van der Waals surface area contributed by atoms with Crippen molar-refractivity contribution in [1.82, 2.24) is 0 Å². The molecule has 0 radical (unpaired) electrons. The zero-order chi connectivity index (χ0) is 17.3. The first-order valence-electron chi connectivity index (χ1n) is 7.72. The minimum Gasteiger partial charge on any atom is -0.365 e. The van der Waals surface area contributed by atoms with Crippen LogP contribution in [0.25, 0.3) is 0 Å². The maximum Gasteiger partial charge on any atom is 0.324 e. The van der Waals surface area contributed by atoms with Gasteiger partial charge >= 0.3 is 6.03 Å². The molecule has 0 saturated heterocycles. The van der Waals surface area contributed by atoms with E-state index in [1.165, 1.54) is 11.3 Å². The van der Waals surface area contributed by atoms with Gasteiger partial charge in [-0.1, -0.05) is 24.6 Å². The number of halogens is 1. The SMILES string of the molecule is CC1CCc2sc(NC(=O)Nc3cccc(Cl)c3)c(C(N)=O)c2C1. The molecule has 1 atom stereocenters. The number of aryl methyl sites for hydroxylation is 1. The fourth-order valence-electron chi connectivity index (χ4n) is 2.94. The highest BCUT2D eigenvalue weighted by Gasteiger charge is 2.27. The summed E-state index contributed by atoms with van der Waals surface area (Å²) in [4.78, 5) is 25.3. The molecule has 1 aliphatic carbocycles. The van der Waals surface area contributed by atoms with E-state index >= 15 is 0 Å². The van der Waals surface area contributed by atoms with E-state index in [-0.39, 0.29) is 0 Å². The van der Waals surface area contributed by atoms with E-state index in [2.05, 4.69) is 17.6 Å². The number of carbonyl (C=O) groups is 2. The average Bonchev–Trinajstić information content (AvgIpc) is 2.84. The fraction of sp³-hybridized carbons (Fsp3) is 0.294. The monoisotopic (exact) mass is 363 g/mol. The first-order valence-corrected chi connectivity index (χ1v) is 8.91. The fourth-order valence-corrected chi connectivity index (χ4v) is 4.37. The van der Waals surface area contributed by atoms with E-state index in [4.69, 9.17) is 17.3 Å². The Bertz CT molecular complexity index is 803. The molecule has 0 spiro atoms. The van der Waals surface area contributed by atoms with Crippen molar-refractivity contribution >= 4 is 45.6 Å². The second-order valence-corrected chi connectivity index (χ2v) is 7.55. The zero-order valence-electron chi connectivity index (χ0n) is 13.2. The lowest BCUT2D eigenvalue weighted by molar-refractivity contribution is 0.1000. The molecular formula is C17H18ClN3O2S. The number of hydrogen-bond donors (Lipinski definition) is 3. The molecule has 5 nitrogen and oxygen atoms in total.